The Kier molecular flexibility index (Phi) is 5.67. The SMILES string of the molecule is COc1ccc(C=NNC(=O)c2ccc(C)c([N+](=O)[O-])c2)cc1OC. The van der Waals surface area contributed by atoms with Crippen molar-refractivity contribution >= 4 is 17.8 Å². The monoisotopic (exact) mass is 343 g/mol. The van der Waals surface area contributed by atoms with Crippen LogP contribution >= 0.6 is 0 Å². The number of hydrazone groups is 1. The Morgan fingerprint density at radius 1 is 1.16 bits per heavy atom. The molecule has 8 heteroatoms. The fourth-order valence-corrected chi connectivity index (χ4v) is 2.11. The van der Waals surface area contributed by atoms with Crippen molar-refractivity contribution in [1.82, 2.24) is 5.43 Å². The summed E-state index contributed by atoms with van der Waals surface area (Å²) in [6, 6.07) is 9.40. The van der Waals surface area contributed by atoms with E-state index in [4.69, 9.17) is 9.47 Å². The van der Waals surface area contributed by atoms with Crippen LogP contribution in [0.2, 0.25) is 0 Å². The molecule has 0 fully saturated rings. The van der Waals surface area contributed by atoms with Crippen molar-refractivity contribution in [2.45, 2.75) is 6.92 Å². The van der Waals surface area contributed by atoms with Gasteiger partial charge in [-0.05, 0) is 36.8 Å². The minimum atomic E-state index is -0.542. The molecule has 0 aliphatic heterocycles. The van der Waals surface area contributed by atoms with Gasteiger partial charge in [-0.15, -0.1) is 0 Å². The van der Waals surface area contributed by atoms with Gasteiger partial charge in [0, 0.05) is 17.2 Å². The Hall–Kier alpha value is -3.42. The first-order chi connectivity index (χ1) is 12.0. The van der Waals surface area contributed by atoms with Crippen LogP contribution in [0.5, 0.6) is 11.5 Å². The van der Waals surface area contributed by atoms with Gasteiger partial charge in [0.25, 0.3) is 11.6 Å². The van der Waals surface area contributed by atoms with E-state index in [0.29, 0.717) is 22.6 Å². The number of nitrogens with zero attached hydrogens (tertiary/aromatic N) is 2. The number of aryl methyl sites for hydroxylation is 1. The third kappa shape index (κ3) is 4.31. The molecule has 0 spiro atoms. The number of carbonyl (C=O) groups excluding carboxylic acids is 1. The Morgan fingerprint density at radius 3 is 2.52 bits per heavy atom. The molecule has 0 saturated carbocycles. The van der Waals surface area contributed by atoms with E-state index in [-0.39, 0.29) is 11.3 Å². The summed E-state index contributed by atoms with van der Waals surface area (Å²) in [5.74, 6) is 0.572. The first kappa shape index (κ1) is 17.9. The van der Waals surface area contributed by atoms with Crippen molar-refractivity contribution in [3.8, 4) is 11.5 Å². The van der Waals surface area contributed by atoms with E-state index in [2.05, 4.69) is 10.5 Å². The molecule has 2 aromatic rings. The highest BCUT2D eigenvalue weighted by molar-refractivity contribution is 5.95. The lowest BCUT2D eigenvalue weighted by molar-refractivity contribution is -0.385. The van der Waals surface area contributed by atoms with Crippen LogP contribution in [0.25, 0.3) is 0 Å². The highest BCUT2D eigenvalue weighted by atomic mass is 16.6. The number of nitrogens with one attached hydrogen (secondary N) is 1. The number of methoxy groups -OCH3 is 2. The van der Waals surface area contributed by atoms with Gasteiger partial charge >= 0.3 is 0 Å². The van der Waals surface area contributed by atoms with Crippen molar-refractivity contribution in [2.24, 2.45) is 5.10 Å². The molecule has 8 nitrogen and oxygen atoms in total. The number of nitro groups is 1. The van der Waals surface area contributed by atoms with Gasteiger partial charge in [0.1, 0.15) is 0 Å². The molecule has 0 heterocycles. The molecule has 130 valence electrons. The molecule has 0 atom stereocenters. The number of nitro benzene ring substituents is 1. The second kappa shape index (κ2) is 7.91. The van der Waals surface area contributed by atoms with Gasteiger partial charge < -0.3 is 9.47 Å². The second-order valence-electron chi connectivity index (χ2n) is 5.07. The summed E-state index contributed by atoms with van der Waals surface area (Å²) >= 11 is 0. The summed E-state index contributed by atoms with van der Waals surface area (Å²) in [6.07, 6.45) is 1.43. The number of hydrogen-bond donors (Lipinski definition) is 1. The topological polar surface area (TPSA) is 103 Å². The van der Waals surface area contributed by atoms with Crippen molar-refractivity contribution in [1.29, 1.82) is 0 Å². The van der Waals surface area contributed by atoms with Gasteiger partial charge in [0.05, 0.1) is 25.4 Å². The minimum absolute atomic E-state index is 0.114. The molecular formula is C17H17N3O5. The van der Waals surface area contributed by atoms with E-state index in [1.54, 1.807) is 25.1 Å². The van der Waals surface area contributed by atoms with Crippen molar-refractivity contribution < 1.29 is 19.2 Å². The summed E-state index contributed by atoms with van der Waals surface area (Å²) in [6.45, 7) is 1.61. The van der Waals surface area contributed by atoms with Crippen molar-refractivity contribution in [2.75, 3.05) is 14.2 Å². The predicted molar refractivity (Wildman–Crippen MR) is 92.4 cm³/mol. The van der Waals surface area contributed by atoms with Gasteiger partial charge in [-0.2, -0.15) is 5.10 Å². The molecule has 0 aliphatic carbocycles. The number of ether oxygens (including phenoxy) is 2. The largest absolute Gasteiger partial charge is 0.493 e. The molecule has 0 aliphatic rings. The van der Waals surface area contributed by atoms with Crippen LogP contribution in [0.1, 0.15) is 21.5 Å². The van der Waals surface area contributed by atoms with Gasteiger partial charge in [-0.3, -0.25) is 14.9 Å². The Labute approximate surface area is 144 Å². The maximum absolute atomic E-state index is 12.1. The summed E-state index contributed by atoms with van der Waals surface area (Å²) in [4.78, 5) is 22.5. The molecule has 2 aromatic carbocycles. The molecule has 1 amide bonds. The zero-order chi connectivity index (χ0) is 18.4. The Balaban J connectivity index is 2.10. The van der Waals surface area contributed by atoms with Crippen LogP contribution in [0.15, 0.2) is 41.5 Å². The fraction of sp³-hybridized carbons (Fsp3) is 0.176. The lowest BCUT2D eigenvalue weighted by atomic mass is 10.1. The normalized spacial score (nSPS) is 10.5. The standard InChI is InChI=1S/C17H17N3O5/c1-11-4-6-13(9-14(11)20(22)23)17(21)19-18-10-12-5-7-15(24-2)16(8-12)25-3/h4-10H,1-3H3,(H,19,21). The van der Waals surface area contributed by atoms with Gasteiger partial charge in [-0.25, -0.2) is 5.43 Å². The zero-order valence-corrected chi connectivity index (χ0v) is 14.0. The number of amides is 1. The Morgan fingerprint density at radius 2 is 1.88 bits per heavy atom. The third-order valence-corrected chi connectivity index (χ3v) is 3.46. The fourth-order valence-electron chi connectivity index (χ4n) is 2.11. The summed E-state index contributed by atoms with van der Waals surface area (Å²) in [5.41, 5.74) is 3.54. The highest BCUT2D eigenvalue weighted by Crippen LogP contribution is 2.26. The second-order valence-corrected chi connectivity index (χ2v) is 5.07. The van der Waals surface area contributed by atoms with Gasteiger partial charge in [0.15, 0.2) is 11.5 Å². The minimum Gasteiger partial charge on any atom is -0.493 e. The average molecular weight is 343 g/mol. The van der Waals surface area contributed by atoms with Crippen LogP contribution in [-0.4, -0.2) is 31.3 Å². The summed E-state index contributed by atoms with van der Waals surface area (Å²) in [5, 5.41) is 14.8. The molecule has 0 unspecified atom stereocenters. The summed E-state index contributed by atoms with van der Waals surface area (Å²) in [7, 11) is 3.05. The molecule has 1 N–H and O–H groups in total. The Bertz CT molecular complexity index is 833. The molecule has 2 rings (SSSR count). The van der Waals surface area contributed by atoms with E-state index >= 15 is 0 Å². The third-order valence-electron chi connectivity index (χ3n) is 3.46. The number of benzene rings is 2. The van der Waals surface area contributed by atoms with Crippen LogP contribution in [0, 0.1) is 17.0 Å². The van der Waals surface area contributed by atoms with E-state index < -0.39 is 10.8 Å². The lowest BCUT2D eigenvalue weighted by Gasteiger charge is -2.07. The molecule has 0 saturated heterocycles. The first-order valence-corrected chi connectivity index (χ1v) is 7.26. The molecule has 0 aromatic heterocycles. The van der Waals surface area contributed by atoms with Crippen LogP contribution in [0.3, 0.4) is 0 Å². The number of rotatable bonds is 6. The van der Waals surface area contributed by atoms with Crippen LogP contribution < -0.4 is 14.9 Å². The predicted octanol–water partition coefficient (Wildman–Crippen LogP) is 2.68. The van der Waals surface area contributed by atoms with Crippen molar-refractivity contribution in [3.63, 3.8) is 0 Å². The van der Waals surface area contributed by atoms with E-state index in [9.17, 15) is 14.9 Å². The summed E-state index contributed by atoms with van der Waals surface area (Å²) < 4.78 is 10.3. The van der Waals surface area contributed by atoms with Crippen LogP contribution in [0.4, 0.5) is 5.69 Å². The van der Waals surface area contributed by atoms with E-state index in [1.165, 1.54) is 38.6 Å². The maximum Gasteiger partial charge on any atom is 0.273 e. The quantitative estimate of drug-likeness (QED) is 0.493. The average Bonchev–Trinajstić information content (AvgIpc) is 2.61. The lowest BCUT2D eigenvalue weighted by Crippen LogP contribution is -2.17. The van der Waals surface area contributed by atoms with E-state index in [0.717, 1.165) is 0 Å². The van der Waals surface area contributed by atoms with Crippen LogP contribution in [-0.2, 0) is 0 Å². The molecule has 0 bridgehead atoms. The van der Waals surface area contributed by atoms with Gasteiger partial charge in [0.2, 0.25) is 0 Å². The maximum atomic E-state index is 12.1. The van der Waals surface area contributed by atoms with Gasteiger partial charge in [-0.1, -0.05) is 6.07 Å². The molecule has 0 radical (unpaired) electrons. The number of hydrogen-bond acceptors (Lipinski definition) is 6. The smallest absolute Gasteiger partial charge is 0.273 e. The number of carbonyl (C=O) groups is 1. The van der Waals surface area contributed by atoms with Crippen molar-refractivity contribution in [3.05, 3.63) is 63.2 Å². The highest BCUT2D eigenvalue weighted by Gasteiger charge is 2.14. The zero-order valence-electron chi connectivity index (χ0n) is 14.0. The van der Waals surface area contributed by atoms with E-state index in [1.807, 2.05) is 0 Å². The first-order valence-electron chi connectivity index (χ1n) is 7.26. The molecule has 25 heavy (non-hydrogen) atoms. The molecular weight excluding hydrogens is 326 g/mol.